The van der Waals surface area contributed by atoms with Gasteiger partial charge in [-0.3, -0.25) is 0 Å². The molecule has 0 spiro atoms. The molecular formula is C29H31N5OS. The molecule has 2 aromatic carbocycles. The van der Waals surface area contributed by atoms with Gasteiger partial charge in [0.1, 0.15) is 16.5 Å². The lowest BCUT2D eigenvalue weighted by Gasteiger charge is -2.36. The van der Waals surface area contributed by atoms with Crippen molar-refractivity contribution in [1.82, 2.24) is 14.9 Å². The molecule has 1 fully saturated rings. The summed E-state index contributed by atoms with van der Waals surface area (Å²) >= 11 is 1.86. The maximum atomic E-state index is 12.9. The topological polar surface area (TPSA) is 61.4 Å². The average molecular weight is 498 g/mol. The zero-order valence-corrected chi connectivity index (χ0v) is 21.5. The second-order valence-corrected chi connectivity index (χ2v) is 10.9. The molecule has 6 rings (SSSR count). The number of anilines is 2. The van der Waals surface area contributed by atoms with E-state index in [2.05, 4.69) is 34.5 Å². The molecule has 1 N–H and O–H groups in total. The Kier molecular flexibility index (Phi) is 6.32. The quantitative estimate of drug-likeness (QED) is 0.386. The van der Waals surface area contributed by atoms with E-state index >= 15 is 0 Å². The van der Waals surface area contributed by atoms with E-state index in [1.54, 1.807) is 0 Å². The van der Waals surface area contributed by atoms with Crippen molar-refractivity contribution in [3.63, 3.8) is 0 Å². The average Bonchev–Trinajstić information content (AvgIpc) is 3.29. The smallest absolute Gasteiger partial charge is 0.321 e. The first-order valence-electron chi connectivity index (χ1n) is 12.9. The number of carbonyl (C=O) groups is 1. The number of thiophene rings is 1. The third kappa shape index (κ3) is 4.67. The molecule has 1 aliphatic heterocycles. The molecule has 36 heavy (non-hydrogen) atoms. The van der Waals surface area contributed by atoms with Crippen molar-refractivity contribution in [1.29, 1.82) is 0 Å². The summed E-state index contributed by atoms with van der Waals surface area (Å²) in [7, 11) is 0. The maximum absolute atomic E-state index is 12.9. The van der Waals surface area contributed by atoms with Crippen LogP contribution in [0.1, 0.15) is 40.2 Å². The highest BCUT2D eigenvalue weighted by atomic mass is 32.1. The molecule has 0 bridgehead atoms. The van der Waals surface area contributed by atoms with Gasteiger partial charge in [-0.2, -0.15) is 0 Å². The number of hydrogen-bond donors (Lipinski definition) is 1. The number of nitrogens with zero attached hydrogens (tertiary/aromatic N) is 4. The Morgan fingerprint density at radius 1 is 0.944 bits per heavy atom. The van der Waals surface area contributed by atoms with E-state index in [1.807, 2.05) is 53.5 Å². The molecule has 7 heteroatoms. The number of fused-ring (bicyclic) bond motifs is 3. The van der Waals surface area contributed by atoms with Crippen LogP contribution >= 0.6 is 11.3 Å². The predicted octanol–water partition coefficient (Wildman–Crippen LogP) is 5.82. The molecule has 1 aliphatic carbocycles. The Morgan fingerprint density at radius 3 is 2.47 bits per heavy atom. The fourth-order valence-electron chi connectivity index (χ4n) is 5.23. The molecule has 2 amide bonds. The van der Waals surface area contributed by atoms with E-state index in [9.17, 15) is 4.79 Å². The van der Waals surface area contributed by atoms with Gasteiger partial charge in [0.05, 0.1) is 5.39 Å². The summed E-state index contributed by atoms with van der Waals surface area (Å²) in [5.41, 5.74) is 4.70. The predicted molar refractivity (Wildman–Crippen MR) is 147 cm³/mol. The molecule has 1 saturated heterocycles. The molecular weight excluding hydrogens is 466 g/mol. The van der Waals surface area contributed by atoms with Gasteiger partial charge in [-0.15, -0.1) is 11.3 Å². The monoisotopic (exact) mass is 497 g/mol. The van der Waals surface area contributed by atoms with Gasteiger partial charge < -0.3 is 15.1 Å². The van der Waals surface area contributed by atoms with Crippen LogP contribution in [0.5, 0.6) is 0 Å². The number of benzene rings is 2. The number of aryl methyl sites for hydroxylation is 3. The number of carbonyl (C=O) groups excluding carboxylic acids is 1. The summed E-state index contributed by atoms with van der Waals surface area (Å²) in [4.78, 5) is 30.0. The van der Waals surface area contributed by atoms with Gasteiger partial charge in [0, 0.05) is 43.2 Å². The van der Waals surface area contributed by atoms with Gasteiger partial charge in [0.2, 0.25) is 0 Å². The van der Waals surface area contributed by atoms with E-state index in [0.29, 0.717) is 13.1 Å². The highest BCUT2D eigenvalue weighted by Crippen LogP contribution is 2.40. The third-order valence-electron chi connectivity index (χ3n) is 7.22. The number of nitrogens with one attached hydrogen (secondary N) is 1. The van der Waals surface area contributed by atoms with Crippen LogP contribution in [0.15, 0.2) is 54.6 Å². The van der Waals surface area contributed by atoms with E-state index in [-0.39, 0.29) is 6.03 Å². The Morgan fingerprint density at radius 2 is 1.69 bits per heavy atom. The third-order valence-corrected chi connectivity index (χ3v) is 8.40. The van der Waals surface area contributed by atoms with Crippen molar-refractivity contribution in [2.45, 2.75) is 39.0 Å². The van der Waals surface area contributed by atoms with Crippen LogP contribution in [0.3, 0.4) is 0 Å². The fourth-order valence-corrected chi connectivity index (χ4v) is 6.50. The highest BCUT2D eigenvalue weighted by Gasteiger charge is 2.27. The minimum Gasteiger partial charge on any atom is -0.352 e. The number of rotatable bonds is 4. The first-order chi connectivity index (χ1) is 17.6. The molecule has 0 saturated carbocycles. The highest BCUT2D eigenvalue weighted by molar-refractivity contribution is 7.19. The molecule has 4 aromatic rings. The summed E-state index contributed by atoms with van der Waals surface area (Å²) in [5.74, 6) is 1.94. The van der Waals surface area contributed by atoms with Gasteiger partial charge in [-0.25, -0.2) is 14.8 Å². The summed E-state index contributed by atoms with van der Waals surface area (Å²) in [6.07, 6.45) is 5.48. The maximum Gasteiger partial charge on any atom is 0.321 e. The molecule has 3 heterocycles. The van der Waals surface area contributed by atoms with Crippen LogP contribution in [0.2, 0.25) is 0 Å². The molecule has 2 aliphatic rings. The summed E-state index contributed by atoms with van der Waals surface area (Å²) in [6, 6.07) is 18.4. The summed E-state index contributed by atoms with van der Waals surface area (Å²) < 4.78 is 0. The number of urea groups is 1. The number of amides is 2. The van der Waals surface area contributed by atoms with Crippen LogP contribution in [-0.2, 0) is 19.3 Å². The normalized spacial score (nSPS) is 15.7. The van der Waals surface area contributed by atoms with E-state index in [4.69, 9.17) is 9.97 Å². The molecule has 6 nitrogen and oxygen atoms in total. The van der Waals surface area contributed by atoms with Crippen LogP contribution in [0.25, 0.3) is 10.2 Å². The van der Waals surface area contributed by atoms with Crippen LogP contribution in [-0.4, -0.2) is 47.1 Å². The van der Waals surface area contributed by atoms with Crippen molar-refractivity contribution in [2.24, 2.45) is 0 Å². The molecule has 0 unspecified atom stereocenters. The number of piperazine rings is 1. The first-order valence-corrected chi connectivity index (χ1v) is 13.7. The lowest BCUT2D eigenvalue weighted by Crippen LogP contribution is -2.50. The Balaban J connectivity index is 1.25. The molecule has 0 radical (unpaired) electrons. The van der Waals surface area contributed by atoms with Crippen LogP contribution in [0, 0.1) is 6.92 Å². The minimum atomic E-state index is -0.0379. The summed E-state index contributed by atoms with van der Waals surface area (Å²) in [5, 5.41) is 4.29. The SMILES string of the molecule is Cc1ccc(NC(=O)N2CCN(c3nc(Cc4ccccc4)nc4sc5c(c34)CCCC5)CC2)cc1. The van der Waals surface area contributed by atoms with Gasteiger partial charge in [0.25, 0.3) is 0 Å². The van der Waals surface area contributed by atoms with Gasteiger partial charge in [-0.05, 0) is 55.9 Å². The zero-order valence-electron chi connectivity index (χ0n) is 20.7. The van der Waals surface area contributed by atoms with Crippen molar-refractivity contribution in [3.05, 3.63) is 82.0 Å². The first kappa shape index (κ1) is 23.0. The second kappa shape index (κ2) is 9.90. The molecule has 2 aromatic heterocycles. The van der Waals surface area contributed by atoms with E-state index in [1.165, 1.54) is 39.8 Å². The molecule has 0 atom stereocenters. The zero-order chi connectivity index (χ0) is 24.5. The van der Waals surface area contributed by atoms with Crippen LogP contribution < -0.4 is 10.2 Å². The second-order valence-electron chi connectivity index (χ2n) is 9.79. The van der Waals surface area contributed by atoms with Gasteiger partial charge >= 0.3 is 6.03 Å². The largest absolute Gasteiger partial charge is 0.352 e. The number of hydrogen-bond acceptors (Lipinski definition) is 5. The van der Waals surface area contributed by atoms with Crippen molar-refractivity contribution in [3.8, 4) is 0 Å². The van der Waals surface area contributed by atoms with E-state index in [0.717, 1.165) is 54.5 Å². The van der Waals surface area contributed by atoms with Crippen molar-refractivity contribution < 1.29 is 4.79 Å². The standard InChI is InChI=1S/C29H31N5OS/c1-20-11-13-22(14-12-20)30-29(35)34-17-15-33(16-18-34)27-26-23-9-5-6-10-24(23)36-28(26)32-25(31-27)19-21-7-3-2-4-8-21/h2-4,7-8,11-14H,5-6,9-10,15-19H2,1H3,(H,30,35). The van der Waals surface area contributed by atoms with Gasteiger partial charge in [0.15, 0.2) is 0 Å². The van der Waals surface area contributed by atoms with E-state index < -0.39 is 0 Å². The summed E-state index contributed by atoms with van der Waals surface area (Å²) in [6.45, 7) is 4.92. The van der Waals surface area contributed by atoms with Gasteiger partial charge in [-0.1, -0.05) is 48.0 Å². The number of aromatic nitrogens is 2. The van der Waals surface area contributed by atoms with Crippen molar-refractivity contribution in [2.75, 3.05) is 36.4 Å². The Hall–Kier alpha value is -3.45. The fraction of sp³-hybridized carbons (Fsp3) is 0.345. The lowest BCUT2D eigenvalue weighted by atomic mass is 9.96. The van der Waals surface area contributed by atoms with Crippen LogP contribution in [0.4, 0.5) is 16.3 Å². The lowest BCUT2D eigenvalue weighted by molar-refractivity contribution is 0.208. The Labute approximate surface area is 216 Å². The molecule has 184 valence electrons. The Bertz CT molecular complexity index is 1370. The van der Waals surface area contributed by atoms with Crippen molar-refractivity contribution >= 4 is 39.1 Å². The minimum absolute atomic E-state index is 0.0379.